The topological polar surface area (TPSA) is 99.7 Å². The van der Waals surface area contributed by atoms with Crippen molar-refractivity contribution in [2.45, 2.75) is 25.0 Å². The molecule has 2 aliphatic heterocycles. The zero-order valence-electron chi connectivity index (χ0n) is 16.9. The van der Waals surface area contributed by atoms with Gasteiger partial charge in [-0.2, -0.15) is 0 Å². The van der Waals surface area contributed by atoms with Crippen molar-refractivity contribution in [1.82, 2.24) is 20.2 Å². The van der Waals surface area contributed by atoms with E-state index in [1.807, 2.05) is 12.1 Å². The first-order chi connectivity index (χ1) is 14.6. The summed E-state index contributed by atoms with van der Waals surface area (Å²) < 4.78 is 5.86. The highest BCUT2D eigenvalue weighted by Crippen LogP contribution is 2.46. The van der Waals surface area contributed by atoms with E-state index in [1.165, 1.54) is 0 Å². The van der Waals surface area contributed by atoms with Crippen LogP contribution in [-0.2, 0) is 11.3 Å². The van der Waals surface area contributed by atoms with Crippen molar-refractivity contribution in [3.05, 3.63) is 42.0 Å². The first kappa shape index (κ1) is 18.8. The van der Waals surface area contributed by atoms with Crippen LogP contribution in [0.3, 0.4) is 0 Å². The molecule has 3 aliphatic rings. The van der Waals surface area contributed by atoms with E-state index in [0.717, 1.165) is 56.9 Å². The zero-order chi connectivity index (χ0) is 20.7. The molecule has 9 nitrogen and oxygen atoms in total. The minimum Gasteiger partial charge on any atom is -0.474 e. The third-order valence-corrected chi connectivity index (χ3v) is 5.93. The van der Waals surface area contributed by atoms with Crippen LogP contribution < -0.4 is 20.3 Å². The largest absolute Gasteiger partial charge is 0.474 e. The predicted octanol–water partition coefficient (Wildman–Crippen LogP) is 1.02. The number of pyridine rings is 2. The number of hydrogen-bond donors (Lipinski definition) is 2. The lowest BCUT2D eigenvalue weighted by molar-refractivity contribution is -0.125. The Morgan fingerprint density at radius 3 is 2.67 bits per heavy atom. The van der Waals surface area contributed by atoms with Crippen LogP contribution in [0.5, 0.6) is 5.75 Å². The fourth-order valence-corrected chi connectivity index (χ4v) is 3.92. The summed E-state index contributed by atoms with van der Waals surface area (Å²) in [4.78, 5) is 37.2. The first-order valence-electron chi connectivity index (χ1n) is 10.2. The summed E-state index contributed by atoms with van der Waals surface area (Å²) in [6.07, 6.45) is 5.02. The number of nitrogens with zero attached hydrogens (tertiary/aromatic N) is 4. The third-order valence-electron chi connectivity index (χ3n) is 5.93. The van der Waals surface area contributed by atoms with Gasteiger partial charge < -0.3 is 20.3 Å². The Bertz CT molecular complexity index is 981. The Labute approximate surface area is 174 Å². The summed E-state index contributed by atoms with van der Waals surface area (Å²) in [5.41, 5.74) is 2.42. The molecule has 0 bridgehead atoms. The quantitative estimate of drug-likeness (QED) is 0.779. The highest BCUT2D eigenvalue weighted by molar-refractivity contribution is 6.02. The average molecular weight is 408 g/mol. The Kier molecular flexibility index (Phi) is 4.54. The van der Waals surface area contributed by atoms with E-state index in [0.29, 0.717) is 17.1 Å². The van der Waals surface area contributed by atoms with Crippen LogP contribution in [0, 0.1) is 0 Å². The zero-order valence-corrected chi connectivity index (χ0v) is 16.9. The van der Waals surface area contributed by atoms with Crippen molar-refractivity contribution in [2.75, 3.05) is 43.4 Å². The number of carbonyl (C=O) groups excluding carboxylic acids is 2. The van der Waals surface area contributed by atoms with E-state index in [-0.39, 0.29) is 11.8 Å². The molecule has 1 saturated heterocycles. The van der Waals surface area contributed by atoms with Gasteiger partial charge in [0.2, 0.25) is 0 Å². The molecule has 1 saturated carbocycles. The second-order valence-corrected chi connectivity index (χ2v) is 7.97. The lowest BCUT2D eigenvalue weighted by atomic mass is 10.2. The lowest BCUT2D eigenvalue weighted by Crippen LogP contribution is -2.46. The highest BCUT2D eigenvalue weighted by Gasteiger charge is 2.55. The van der Waals surface area contributed by atoms with Gasteiger partial charge in [0.25, 0.3) is 11.8 Å². The monoisotopic (exact) mass is 408 g/mol. The number of nitrogens with one attached hydrogen (secondary N) is 2. The van der Waals surface area contributed by atoms with Crippen molar-refractivity contribution < 1.29 is 14.3 Å². The number of amides is 2. The maximum absolute atomic E-state index is 12.2. The molecule has 1 aliphatic carbocycles. The van der Waals surface area contributed by atoms with Gasteiger partial charge >= 0.3 is 0 Å². The number of piperazine rings is 1. The lowest BCUT2D eigenvalue weighted by Gasteiger charge is -2.36. The van der Waals surface area contributed by atoms with Gasteiger partial charge in [-0.05, 0) is 18.2 Å². The van der Waals surface area contributed by atoms with E-state index < -0.39 is 5.60 Å². The van der Waals surface area contributed by atoms with Crippen LogP contribution >= 0.6 is 0 Å². The molecule has 5 rings (SSSR count). The molecule has 0 atom stereocenters. The van der Waals surface area contributed by atoms with Crippen LogP contribution in [-0.4, -0.2) is 65.5 Å². The minimum atomic E-state index is -0.639. The summed E-state index contributed by atoms with van der Waals surface area (Å²) in [5.74, 6) is 0.433. The van der Waals surface area contributed by atoms with Crippen LogP contribution in [0.2, 0.25) is 0 Å². The number of ether oxygens (including phenoxy) is 1. The fraction of sp³-hybridized carbons (Fsp3) is 0.429. The highest BCUT2D eigenvalue weighted by atomic mass is 16.5. The van der Waals surface area contributed by atoms with Crippen molar-refractivity contribution in [3.8, 4) is 5.75 Å². The Hall–Kier alpha value is -3.20. The van der Waals surface area contributed by atoms with Gasteiger partial charge in [-0.3, -0.25) is 19.5 Å². The van der Waals surface area contributed by atoms with Gasteiger partial charge in [0.15, 0.2) is 11.4 Å². The van der Waals surface area contributed by atoms with Gasteiger partial charge in [-0.25, -0.2) is 4.98 Å². The predicted molar refractivity (Wildman–Crippen MR) is 111 cm³/mol. The summed E-state index contributed by atoms with van der Waals surface area (Å²) in [6, 6.07) is 5.60. The van der Waals surface area contributed by atoms with E-state index in [4.69, 9.17) is 4.74 Å². The van der Waals surface area contributed by atoms with Crippen molar-refractivity contribution in [1.29, 1.82) is 0 Å². The molecule has 2 N–H and O–H groups in total. The molecule has 9 heteroatoms. The smallest absolute Gasteiger partial charge is 0.269 e. The molecule has 0 unspecified atom stereocenters. The molecule has 2 aromatic rings. The molecule has 0 aromatic carbocycles. The van der Waals surface area contributed by atoms with E-state index >= 15 is 0 Å². The van der Waals surface area contributed by atoms with Gasteiger partial charge in [0, 0.05) is 52.6 Å². The number of hydrogen-bond acceptors (Lipinski definition) is 7. The summed E-state index contributed by atoms with van der Waals surface area (Å²) in [6.45, 7) is 4.24. The van der Waals surface area contributed by atoms with E-state index in [9.17, 15) is 9.59 Å². The summed E-state index contributed by atoms with van der Waals surface area (Å²) in [5, 5.41) is 5.55. The normalized spacial score (nSPS) is 19.6. The van der Waals surface area contributed by atoms with Crippen LogP contribution in [0.4, 0.5) is 11.4 Å². The molecular formula is C21H24N6O3. The molecule has 2 fully saturated rings. The number of carbonyl (C=O) groups is 2. The van der Waals surface area contributed by atoms with Crippen molar-refractivity contribution in [3.63, 3.8) is 0 Å². The van der Waals surface area contributed by atoms with Gasteiger partial charge in [-0.1, -0.05) is 0 Å². The van der Waals surface area contributed by atoms with Gasteiger partial charge in [0.1, 0.15) is 5.69 Å². The molecule has 30 heavy (non-hydrogen) atoms. The molecule has 156 valence electrons. The second kappa shape index (κ2) is 7.24. The number of anilines is 2. The van der Waals surface area contributed by atoms with Crippen molar-refractivity contribution >= 4 is 23.2 Å². The molecule has 4 heterocycles. The number of rotatable bonds is 4. The first-order valence-corrected chi connectivity index (χ1v) is 10.2. The molecule has 1 spiro atoms. The van der Waals surface area contributed by atoms with Crippen molar-refractivity contribution in [2.24, 2.45) is 0 Å². The molecule has 0 radical (unpaired) electrons. The molecular weight excluding hydrogens is 384 g/mol. The van der Waals surface area contributed by atoms with Gasteiger partial charge in [-0.15, -0.1) is 0 Å². The van der Waals surface area contributed by atoms with E-state index in [1.54, 1.807) is 25.5 Å². The fourth-order valence-electron chi connectivity index (χ4n) is 3.92. The van der Waals surface area contributed by atoms with Crippen LogP contribution in [0.25, 0.3) is 0 Å². The maximum Gasteiger partial charge on any atom is 0.269 e. The summed E-state index contributed by atoms with van der Waals surface area (Å²) >= 11 is 0. The average Bonchev–Trinajstić information content (AvgIpc) is 3.55. The van der Waals surface area contributed by atoms with Gasteiger partial charge in [0.05, 0.1) is 29.5 Å². The molecule has 2 amide bonds. The number of fused-ring (bicyclic) bond motifs is 1. The van der Waals surface area contributed by atoms with Crippen LogP contribution in [0.15, 0.2) is 30.6 Å². The standard InChI is InChI=1S/C21H24N6O3/c1-22-19(28)16-3-2-15(11-24-16)27-8-6-26(7-9-27)13-14-10-17-18(12-23-14)30-21(4-5-21)20(29)25-17/h2-3,10-12H,4-9,13H2,1H3,(H,22,28)(H,25,29). The Morgan fingerprint density at radius 2 is 2.00 bits per heavy atom. The minimum absolute atomic E-state index is 0.0446. The Morgan fingerprint density at radius 1 is 1.20 bits per heavy atom. The summed E-state index contributed by atoms with van der Waals surface area (Å²) in [7, 11) is 1.60. The maximum atomic E-state index is 12.2. The van der Waals surface area contributed by atoms with E-state index in [2.05, 4.69) is 30.4 Å². The second-order valence-electron chi connectivity index (χ2n) is 7.97. The Balaban J connectivity index is 1.18. The number of aromatic nitrogens is 2. The molecule has 2 aromatic heterocycles. The van der Waals surface area contributed by atoms with Crippen LogP contribution in [0.1, 0.15) is 29.0 Å². The third kappa shape index (κ3) is 3.45. The SMILES string of the molecule is CNC(=O)c1ccc(N2CCN(Cc3cc4c(cn3)OC3(CC3)C(=O)N4)CC2)cn1.